The van der Waals surface area contributed by atoms with Crippen molar-refractivity contribution in [2.45, 2.75) is 39.7 Å². The lowest BCUT2D eigenvalue weighted by molar-refractivity contribution is 0.184. The molecule has 0 saturated carbocycles. The van der Waals surface area contributed by atoms with Gasteiger partial charge in [0.15, 0.2) is 0 Å². The molecule has 96 valence electrons. The summed E-state index contributed by atoms with van der Waals surface area (Å²) in [5.74, 6) is 0. The van der Waals surface area contributed by atoms with Gasteiger partial charge in [0.1, 0.15) is 0 Å². The molecule has 1 unspecified atom stereocenters. The molecule has 1 N–H and O–H groups in total. The molecule has 1 aliphatic heterocycles. The fourth-order valence-corrected chi connectivity index (χ4v) is 2.52. The number of hydrogen-bond acceptors (Lipinski definition) is 3. The van der Waals surface area contributed by atoms with Crippen LogP contribution in [0, 0.1) is 13.8 Å². The van der Waals surface area contributed by atoms with Gasteiger partial charge >= 0.3 is 0 Å². The maximum Gasteiger partial charge on any atom is 0.0777 e. The quantitative estimate of drug-likeness (QED) is 0.791. The first-order chi connectivity index (χ1) is 8.24. The van der Waals surface area contributed by atoms with Gasteiger partial charge in [0.25, 0.3) is 0 Å². The van der Waals surface area contributed by atoms with Crippen molar-refractivity contribution in [1.29, 1.82) is 0 Å². The first-order valence-electron chi connectivity index (χ1n) is 6.57. The zero-order valence-electron chi connectivity index (χ0n) is 11.1. The molecule has 0 aromatic carbocycles. The van der Waals surface area contributed by atoms with Gasteiger partial charge in [0, 0.05) is 12.3 Å². The van der Waals surface area contributed by atoms with Gasteiger partial charge in [-0.05, 0) is 45.3 Å². The maximum absolute atomic E-state index is 5.44. The molecule has 4 nitrogen and oxygen atoms in total. The third-order valence-corrected chi connectivity index (χ3v) is 3.53. The minimum Gasteiger partial charge on any atom is -0.379 e. The molecule has 2 heterocycles. The molecular formula is C13H23N3O. The highest BCUT2D eigenvalue weighted by Crippen LogP contribution is 2.23. The molecule has 0 spiro atoms. The van der Waals surface area contributed by atoms with E-state index >= 15 is 0 Å². The average Bonchev–Trinajstić information content (AvgIpc) is 2.91. The van der Waals surface area contributed by atoms with Crippen LogP contribution in [0.5, 0.6) is 0 Å². The average molecular weight is 237 g/mol. The van der Waals surface area contributed by atoms with Crippen molar-refractivity contribution in [3.05, 3.63) is 17.0 Å². The summed E-state index contributed by atoms with van der Waals surface area (Å²) in [6.45, 7) is 10.2. The molecule has 4 heteroatoms. The summed E-state index contributed by atoms with van der Waals surface area (Å²) in [6, 6.07) is 0.446. The lowest BCUT2D eigenvalue weighted by Crippen LogP contribution is -2.17. The van der Waals surface area contributed by atoms with Crippen molar-refractivity contribution in [2.24, 2.45) is 0 Å². The fourth-order valence-electron chi connectivity index (χ4n) is 2.52. The minimum absolute atomic E-state index is 0.446. The summed E-state index contributed by atoms with van der Waals surface area (Å²) in [5, 5.41) is 8.05. The first kappa shape index (κ1) is 12.6. The number of rotatable bonds is 5. The van der Waals surface area contributed by atoms with Crippen LogP contribution in [-0.2, 0) is 11.2 Å². The predicted molar refractivity (Wildman–Crippen MR) is 68.4 cm³/mol. The summed E-state index contributed by atoms with van der Waals surface area (Å²) in [5.41, 5.74) is 3.89. The van der Waals surface area contributed by atoms with Crippen molar-refractivity contribution in [2.75, 3.05) is 26.3 Å². The molecule has 17 heavy (non-hydrogen) atoms. The third kappa shape index (κ3) is 2.69. The Balaban J connectivity index is 2.10. The second-order valence-electron chi connectivity index (χ2n) is 4.71. The summed E-state index contributed by atoms with van der Waals surface area (Å²) >= 11 is 0. The van der Waals surface area contributed by atoms with E-state index in [1.807, 2.05) is 0 Å². The molecule has 1 aromatic heterocycles. The molecule has 0 aliphatic carbocycles. The number of aromatic nitrogens is 2. The van der Waals surface area contributed by atoms with Gasteiger partial charge in [-0.3, -0.25) is 4.68 Å². The molecule has 2 rings (SSSR count). The summed E-state index contributed by atoms with van der Waals surface area (Å²) in [7, 11) is 0. The Morgan fingerprint density at radius 1 is 1.47 bits per heavy atom. The maximum atomic E-state index is 5.44. The van der Waals surface area contributed by atoms with E-state index in [0.717, 1.165) is 39.1 Å². The molecule has 1 fully saturated rings. The Bertz CT molecular complexity index is 367. The summed E-state index contributed by atoms with van der Waals surface area (Å²) in [4.78, 5) is 0. The van der Waals surface area contributed by atoms with Crippen molar-refractivity contribution in [1.82, 2.24) is 15.1 Å². The SMILES string of the molecule is CCNCCc1c(C)nn(C2CCOC2)c1C. The molecule has 1 aromatic rings. The van der Waals surface area contributed by atoms with Gasteiger partial charge < -0.3 is 10.1 Å². The fraction of sp³-hybridized carbons (Fsp3) is 0.769. The number of nitrogens with zero attached hydrogens (tertiary/aromatic N) is 2. The van der Waals surface area contributed by atoms with E-state index in [2.05, 4.69) is 35.9 Å². The Kier molecular flexibility index (Phi) is 4.18. The van der Waals surface area contributed by atoms with Gasteiger partial charge in [0.2, 0.25) is 0 Å². The van der Waals surface area contributed by atoms with E-state index in [1.54, 1.807) is 0 Å². The van der Waals surface area contributed by atoms with E-state index in [-0.39, 0.29) is 0 Å². The molecule has 1 saturated heterocycles. The van der Waals surface area contributed by atoms with Crippen LogP contribution in [0.4, 0.5) is 0 Å². The highest BCUT2D eigenvalue weighted by molar-refractivity contribution is 5.25. The van der Waals surface area contributed by atoms with Crippen LogP contribution in [-0.4, -0.2) is 36.1 Å². The minimum atomic E-state index is 0.446. The zero-order chi connectivity index (χ0) is 12.3. The number of ether oxygens (including phenoxy) is 1. The smallest absolute Gasteiger partial charge is 0.0777 e. The number of hydrogen-bond donors (Lipinski definition) is 1. The van der Waals surface area contributed by atoms with E-state index < -0.39 is 0 Å². The van der Waals surface area contributed by atoms with Crippen LogP contribution < -0.4 is 5.32 Å². The lowest BCUT2D eigenvalue weighted by atomic mass is 10.1. The van der Waals surface area contributed by atoms with E-state index in [1.165, 1.54) is 17.0 Å². The van der Waals surface area contributed by atoms with Gasteiger partial charge in [-0.1, -0.05) is 6.92 Å². The van der Waals surface area contributed by atoms with Gasteiger partial charge in [0.05, 0.1) is 18.3 Å². The third-order valence-electron chi connectivity index (χ3n) is 3.53. The van der Waals surface area contributed by atoms with E-state index in [9.17, 15) is 0 Å². The zero-order valence-corrected chi connectivity index (χ0v) is 11.1. The summed E-state index contributed by atoms with van der Waals surface area (Å²) in [6.07, 6.45) is 2.16. The van der Waals surface area contributed by atoms with Gasteiger partial charge in [-0.2, -0.15) is 5.10 Å². The standard InChI is InChI=1S/C13H23N3O/c1-4-14-7-5-13-10(2)15-16(11(13)3)12-6-8-17-9-12/h12,14H,4-9H2,1-3H3. The Labute approximate surface area is 103 Å². The van der Waals surface area contributed by atoms with Crippen LogP contribution in [0.1, 0.15) is 36.3 Å². The highest BCUT2D eigenvalue weighted by atomic mass is 16.5. The van der Waals surface area contributed by atoms with Crippen LogP contribution in [0.2, 0.25) is 0 Å². The monoisotopic (exact) mass is 237 g/mol. The Morgan fingerprint density at radius 2 is 2.29 bits per heavy atom. The predicted octanol–water partition coefficient (Wildman–Crippen LogP) is 1.61. The Morgan fingerprint density at radius 3 is 2.94 bits per heavy atom. The van der Waals surface area contributed by atoms with Crippen LogP contribution in [0.25, 0.3) is 0 Å². The normalized spacial score (nSPS) is 20.1. The lowest BCUT2D eigenvalue weighted by Gasteiger charge is -2.11. The van der Waals surface area contributed by atoms with Crippen LogP contribution in [0.3, 0.4) is 0 Å². The second kappa shape index (κ2) is 5.65. The number of nitrogens with one attached hydrogen (secondary N) is 1. The number of aryl methyl sites for hydroxylation is 1. The highest BCUT2D eigenvalue weighted by Gasteiger charge is 2.22. The molecular weight excluding hydrogens is 214 g/mol. The summed E-state index contributed by atoms with van der Waals surface area (Å²) < 4.78 is 7.61. The largest absolute Gasteiger partial charge is 0.379 e. The first-order valence-corrected chi connectivity index (χ1v) is 6.57. The number of likely N-dealkylation sites (N-methyl/N-ethyl adjacent to an activating group) is 1. The van der Waals surface area contributed by atoms with Crippen molar-refractivity contribution in [3.63, 3.8) is 0 Å². The van der Waals surface area contributed by atoms with Gasteiger partial charge in [-0.15, -0.1) is 0 Å². The van der Waals surface area contributed by atoms with Gasteiger partial charge in [-0.25, -0.2) is 0 Å². The molecule has 0 amide bonds. The molecule has 1 aliphatic rings. The topological polar surface area (TPSA) is 39.1 Å². The molecule has 1 atom stereocenters. The molecule has 0 bridgehead atoms. The van der Waals surface area contributed by atoms with Crippen LogP contribution >= 0.6 is 0 Å². The van der Waals surface area contributed by atoms with Crippen molar-refractivity contribution in [3.8, 4) is 0 Å². The molecule has 0 radical (unpaired) electrons. The van der Waals surface area contributed by atoms with Crippen molar-refractivity contribution >= 4 is 0 Å². The van der Waals surface area contributed by atoms with E-state index in [4.69, 9.17) is 4.74 Å². The second-order valence-corrected chi connectivity index (χ2v) is 4.71. The Hall–Kier alpha value is -0.870. The van der Waals surface area contributed by atoms with Crippen molar-refractivity contribution < 1.29 is 4.74 Å². The van der Waals surface area contributed by atoms with E-state index in [0.29, 0.717) is 6.04 Å². The van der Waals surface area contributed by atoms with Crippen LogP contribution in [0.15, 0.2) is 0 Å².